The van der Waals surface area contributed by atoms with Gasteiger partial charge in [-0.15, -0.1) is 66.5 Å². The predicted octanol–water partition coefficient (Wildman–Crippen LogP) is 16.7. The molecule has 0 aromatic heterocycles. The molecule has 0 saturated carbocycles. The maximum absolute atomic E-state index is 6.78. The van der Waals surface area contributed by atoms with Crippen LogP contribution in [0.5, 0.6) is 0 Å². The molecule has 15 heteroatoms. The molecule has 0 bridgehead atoms. The first-order valence-electron chi connectivity index (χ1n) is 19.4. The van der Waals surface area contributed by atoms with E-state index in [0.29, 0.717) is 0 Å². The Hall–Kier alpha value is 3.31. The normalized spacial score (nSPS) is 16.7. The molecule has 2 atom stereocenters. The van der Waals surface area contributed by atoms with Gasteiger partial charge in [0.1, 0.15) is 32.9 Å². The highest BCUT2D eigenvalue weighted by Crippen LogP contribution is 2.50. The SMILES string of the molecule is CC(C)(C)[Si](C)(C)N(CCCC(CCSCCC(CCCN([Si](C)(C)C(C)(C)C)[Si](C)(C)C(C)(C)C)[Si](Cl)(Cl)Cl)[Si](Cl)(Cl)Cl)[Si](C)(C)C(C)(C)C. The lowest BCUT2D eigenvalue weighted by Gasteiger charge is -2.57. The van der Waals surface area contributed by atoms with Gasteiger partial charge in [0.15, 0.2) is 0 Å². The molecule has 308 valence electrons. The Labute approximate surface area is 358 Å². The van der Waals surface area contributed by atoms with Crippen molar-refractivity contribution in [1.29, 1.82) is 0 Å². The molecule has 0 aliphatic rings. The predicted molar refractivity (Wildman–Crippen MR) is 261 cm³/mol. The number of thioether (sulfide) groups is 1. The third-order valence-electron chi connectivity index (χ3n) is 14.1. The van der Waals surface area contributed by atoms with Crippen LogP contribution in [0.25, 0.3) is 0 Å². The second-order valence-electron chi connectivity index (χ2n) is 21.5. The molecule has 0 amide bonds. The van der Waals surface area contributed by atoms with Crippen LogP contribution in [0.1, 0.15) is 122 Å². The van der Waals surface area contributed by atoms with E-state index in [0.717, 1.165) is 63.1 Å². The molecule has 0 heterocycles. The molecule has 51 heavy (non-hydrogen) atoms. The number of halogens is 6. The van der Waals surface area contributed by atoms with Gasteiger partial charge in [-0.3, -0.25) is 0 Å². The van der Waals surface area contributed by atoms with Gasteiger partial charge in [0.05, 0.1) is 0 Å². The summed E-state index contributed by atoms with van der Waals surface area (Å²) in [6.45, 7) is 51.9. The maximum atomic E-state index is 6.78. The van der Waals surface area contributed by atoms with Gasteiger partial charge in [0, 0.05) is 0 Å². The van der Waals surface area contributed by atoms with E-state index in [9.17, 15) is 0 Å². The minimum Gasteiger partial charge on any atom is -0.345 e. The van der Waals surface area contributed by atoms with E-state index >= 15 is 0 Å². The molecule has 0 aromatic carbocycles. The van der Waals surface area contributed by atoms with E-state index in [2.05, 4.69) is 144 Å². The van der Waals surface area contributed by atoms with Crippen molar-refractivity contribution in [1.82, 2.24) is 8.46 Å². The minimum atomic E-state index is -2.87. The van der Waals surface area contributed by atoms with Gasteiger partial charge in [-0.05, 0) is 94.4 Å². The molecular formula is C36H82Cl6N2SSi6. The molecule has 0 spiro atoms. The molecule has 2 nitrogen and oxygen atoms in total. The fraction of sp³-hybridized carbons (Fsp3) is 1.00. The summed E-state index contributed by atoms with van der Waals surface area (Å²) < 4.78 is 6.01. The monoisotopic (exact) mass is 952 g/mol. The largest absolute Gasteiger partial charge is 0.345 e. The molecule has 0 N–H and O–H groups in total. The average Bonchev–Trinajstić information content (AvgIpc) is 2.86. The van der Waals surface area contributed by atoms with Gasteiger partial charge in [-0.1, -0.05) is 135 Å². The van der Waals surface area contributed by atoms with Crippen molar-refractivity contribution in [3.63, 3.8) is 0 Å². The number of hydrogen-bond acceptors (Lipinski definition) is 3. The molecule has 0 radical (unpaired) electrons. The molecule has 0 aliphatic heterocycles. The fourth-order valence-corrected chi connectivity index (χ4v) is 35.4. The van der Waals surface area contributed by atoms with Crippen molar-refractivity contribution in [3.05, 3.63) is 0 Å². The van der Waals surface area contributed by atoms with Crippen molar-refractivity contribution in [3.8, 4) is 0 Å². The van der Waals surface area contributed by atoms with E-state index in [-0.39, 0.29) is 31.2 Å². The molecule has 0 aliphatic carbocycles. The molecular weight excluding hydrogens is 874 g/mol. The van der Waals surface area contributed by atoms with Gasteiger partial charge >= 0.3 is 12.0 Å². The van der Waals surface area contributed by atoms with Gasteiger partial charge in [0.2, 0.25) is 0 Å². The zero-order valence-electron chi connectivity index (χ0n) is 36.8. The zero-order valence-corrected chi connectivity index (χ0v) is 48.1. The van der Waals surface area contributed by atoms with Crippen LogP contribution in [0, 0.1) is 0 Å². The standard InChI is InChI=1S/C36H82Cl6N2SSi6/c1-33(2,3)46(13,14)43(47(15,16)34(4,5)6)27-21-23-31(50(37,38)39)25-29-45-30-26-32(51(40,41)42)24-22-28-44(48(17,18)35(7,8)9)49(19,20)36(10,11)12/h31-32H,21-30H2,1-20H3. The first-order valence-corrected chi connectivity index (χ1v) is 42.6. The van der Waals surface area contributed by atoms with Crippen molar-refractivity contribution < 1.29 is 0 Å². The smallest absolute Gasteiger partial charge is 0.344 e. The van der Waals surface area contributed by atoms with Crippen LogP contribution in [-0.4, -0.2) is 78.0 Å². The van der Waals surface area contributed by atoms with Crippen LogP contribution in [0.4, 0.5) is 0 Å². The summed E-state index contributed by atoms with van der Waals surface area (Å²) in [4.78, 5) is 0. The molecule has 0 rings (SSSR count). The summed E-state index contributed by atoms with van der Waals surface area (Å²) in [6, 6.07) is -5.74. The average molecular weight is 956 g/mol. The number of nitrogens with zero attached hydrogens (tertiary/aromatic N) is 2. The molecule has 0 fully saturated rings. The van der Waals surface area contributed by atoms with Crippen LogP contribution in [-0.2, 0) is 0 Å². The van der Waals surface area contributed by atoms with E-state index in [4.69, 9.17) is 66.5 Å². The second-order valence-corrected chi connectivity index (χ2v) is 62.3. The highest BCUT2D eigenvalue weighted by Gasteiger charge is 2.53. The van der Waals surface area contributed by atoms with Gasteiger partial charge in [0.25, 0.3) is 0 Å². The van der Waals surface area contributed by atoms with Crippen LogP contribution < -0.4 is 0 Å². The van der Waals surface area contributed by atoms with Crippen molar-refractivity contribution in [2.75, 3.05) is 24.6 Å². The zero-order chi connectivity index (χ0) is 41.1. The van der Waals surface area contributed by atoms with Crippen molar-refractivity contribution in [2.24, 2.45) is 0 Å². The maximum Gasteiger partial charge on any atom is 0.344 e. The van der Waals surface area contributed by atoms with Crippen LogP contribution in [0.2, 0.25) is 83.6 Å². The summed E-state index contributed by atoms with van der Waals surface area (Å²) in [6.07, 6.45) is 6.00. The van der Waals surface area contributed by atoms with E-state index < -0.39 is 44.9 Å². The summed E-state index contributed by atoms with van der Waals surface area (Å²) in [7, 11) is -6.95. The first-order chi connectivity index (χ1) is 22.2. The second kappa shape index (κ2) is 19.6. The van der Waals surface area contributed by atoms with Crippen LogP contribution in [0.15, 0.2) is 0 Å². The van der Waals surface area contributed by atoms with Crippen molar-refractivity contribution in [2.45, 2.75) is 205 Å². The number of hydrogen-bond donors (Lipinski definition) is 0. The highest BCUT2D eigenvalue weighted by molar-refractivity contribution is 7.99. The van der Waals surface area contributed by atoms with Gasteiger partial charge in [-0.2, -0.15) is 11.8 Å². The van der Waals surface area contributed by atoms with E-state index in [1.807, 2.05) is 11.8 Å². The van der Waals surface area contributed by atoms with Gasteiger partial charge in [-0.25, -0.2) is 0 Å². The topological polar surface area (TPSA) is 6.48 Å². The summed E-state index contributed by atoms with van der Waals surface area (Å²) in [5.74, 6) is 1.97. The van der Waals surface area contributed by atoms with Crippen LogP contribution in [0.3, 0.4) is 0 Å². The van der Waals surface area contributed by atoms with Crippen molar-refractivity contribution >= 4 is 123 Å². The van der Waals surface area contributed by atoms with Gasteiger partial charge < -0.3 is 8.46 Å². The molecule has 0 aromatic rings. The Morgan fingerprint density at radius 3 is 0.804 bits per heavy atom. The van der Waals surface area contributed by atoms with E-state index in [1.165, 1.54) is 0 Å². The quantitative estimate of drug-likeness (QED) is 0.0682. The highest BCUT2D eigenvalue weighted by atomic mass is 35.8. The fourth-order valence-electron chi connectivity index (χ4n) is 6.62. The lowest BCUT2D eigenvalue weighted by atomic mass is 10.2. The Kier molecular flexibility index (Phi) is 20.9. The van der Waals surface area contributed by atoms with E-state index in [1.54, 1.807) is 0 Å². The Morgan fingerprint density at radius 1 is 0.412 bits per heavy atom. The van der Waals surface area contributed by atoms with Crippen LogP contribution >= 0.6 is 78.2 Å². The lowest BCUT2D eigenvalue weighted by Crippen LogP contribution is -2.68. The Bertz CT molecular complexity index is 921. The Balaban J connectivity index is 5.58. The lowest BCUT2D eigenvalue weighted by molar-refractivity contribution is 0.485. The first kappa shape index (κ1) is 54.3. The molecule has 2 unspecified atom stereocenters. The number of rotatable bonds is 20. The minimum absolute atomic E-state index is 0.158. The third kappa shape index (κ3) is 15.5. The summed E-state index contributed by atoms with van der Waals surface area (Å²) in [5.41, 5.74) is 0.316. The Morgan fingerprint density at radius 2 is 0.627 bits per heavy atom. The summed E-state index contributed by atoms with van der Waals surface area (Å²) >= 11 is 42.7. The third-order valence-corrected chi connectivity index (χ3v) is 51.4. The molecule has 0 saturated heterocycles. The summed E-state index contributed by atoms with van der Waals surface area (Å²) in [5, 5.41) is 1.13.